The van der Waals surface area contributed by atoms with Crippen LogP contribution in [0.15, 0.2) is 146 Å². The van der Waals surface area contributed by atoms with E-state index >= 15 is 0 Å². The molecule has 208 valence electrons. The molecule has 0 spiro atoms. The van der Waals surface area contributed by atoms with Gasteiger partial charge in [-0.1, -0.05) is 97.1 Å². The monoisotopic (exact) mass is 684 g/mol. The van der Waals surface area contributed by atoms with Crippen molar-refractivity contribution in [2.75, 3.05) is 0 Å². The van der Waals surface area contributed by atoms with E-state index in [9.17, 15) is 0 Å². The molecule has 0 aliphatic heterocycles. The summed E-state index contributed by atoms with van der Waals surface area (Å²) in [5.74, 6) is 0. The number of benzene rings is 4. The molecule has 0 bridgehead atoms. The molecule has 0 unspecified atom stereocenters. The molecule has 4 heterocycles. The molecule has 4 aromatic carbocycles. The number of hydrogen-bond acceptors (Lipinski definition) is 4. The Bertz CT molecular complexity index is 1860. The molecule has 8 aromatic rings. The molecule has 43 heavy (non-hydrogen) atoms. The number of pyridine rings is 4. The maximum Gasteiger partial charge on any atom is 0.0894 e. The van der Waals surface area contributed by atoms with Crippen LogP contribution in [0.4, 0.5) is 0 Å². The third-order valence-electron chi connectivity index (χ3n) is 6.92. The van der Waals surface area contributed by atoms with Gasteiger partial charge < -0.3 is 0 Å². The van der Waals surface area contributed by atoms with Gasteiger partial charge in [-0.25, -0.2) is 19.9 Å². The van der Waals surface area contributed by atoms with Crippen LogP contribution in [-0.2, 0) is 15.1 Å². The second-order valence-corrected chi connectivity index (χ2v) is 12.2. The quantitative estimate of drug-likeness (QED) is 0.171. The molecule has 0 N–H and O–H groups in total. The van der Waals surface area contributed by atoms with E-state index in [1.807, 2.05) is 97.1 Å². The Labute approximate surface area is 265 Å². The van der Waals surface area contributed by atoms with Crippen LogP contribution in [0.5, 0.6) is 0 Å². The maximum absolute atomic E-state index is 4.85. The molecule has 0 fully saturated rings. The second-order valence-electron chi connectivity index (χ2n) is 9.61. The van der Waals surface area contributed by atoms with Crippen molar-refractivity contribution in [3.63, 3.8) is 0 Å². The third kappa shape index (κ3) is 6.87. The van der Waals surface area contributed by atoms with E-state index in [1.165, 1.54) is 0 Å². The minimum absolute atomic E-state index is 0.346. The van der Waals surface area contributed by atoms with Gasteiger partial charge in [0, 0.05) is 21.5 Å². The zero-order chi connectivity index (χ0) is 29.4. The van der Waals surface area contributed by atoms with Crippen molar-refractivity contribution >= 4 is 43.6 Å². The van der Waals surface area contributed by atoms with Crippen LogP contribution in [-0.4, -0.2) is 19.9 Å². The summed E-state index contributed by atoms with van der Waals surface area (Å²) < 4.78 is 0. The maximum atomic E-state index is 4.85. The molecule has 8 rings (SSSR count). The minimum Gasteiger partial charge on any atom is -0.246 e. The van der Waals surface area contributed by atoms with E-state index < -0.39 is 0 Å². The van der Waals surface area contributed by atoms with Gasteiger partial charge in [0.15, 0.2) is 0 Å². The van der Waals surface area contributed by atoms with Crippen molar-refractivity contribution < 1.29 is 34.5 Å². The number of nitrogens with zero attached hydrogens (tertiary/aromatic N) is 4. The van der Waals surface area contributed by atoms with Crippen molar-refractivity contribution in [3.8, 4) is 22.8 Å². The SMILES string of the molecule is [Cl+][Ru][Cl+].c1ccc2nc(-c3ccc4ccccc4n3)ccc2c1.c1ccc2nc(-c3ccc4ccccc4n3)ccc2c1. The Hall–Kier alpha value is -4.28. The Morgan fingerprint density at radius 3 is 0.744 bits per heavy atom. The number of rotatable bonds is 2. The predicted molar refractivity (Wildman–Crippen MR) is 165 cm³/mol. The van der Waals surface area contributed by atoms with Crippen molar-refractivity contribution in [1.29, 1.82) is 0 Å². The molecule has 0 aliphatic carbocycles. The Kier molecular flexibility index (Phi) is 9.25. The van der Waals surface area contributed by atoms with Crippen molar-refractivity contribution in [3.05, 3.63) is 146 Å². The summed E-state index contributed by atoms with van der Waals surface area (Å²) in [5.41, 5.74) is 7.65. The summed E-state index contributed by atoms with van der Waals surface area (Å²) in [7, 11) is 9.71. The van der Waals surface area contributed by atoms with E-state index in [-0.39, 0.29) is 15.1 Å². The fourth-order valence-electron chi connectivity index (χ4n) is 4.83. The smallest absolute Gasteiger partial charge is 0.0894 e. The molecule has 0 aliphatic rings. The van der Waals surface area contributed by atoms with Crippen LogP contribution in [0.3, 0.4) is 0 Å². The fraction of sp³-hybridized carbons (Fsp3) is 0. The zero-order valence-corrected chi connectivity index (χ0v) is 26.0. The number of halogens is 2. The van der Waals surface area contributed by atoms with Crippen LogP contribution in [0.2, 0.25) is 0 Å². The number of fused-ring (bicyclic) bond motifs is 4. The first kappa shape index (κ1) is 28.8. The number of para-hydroxylation sites is 4. The molecule has 7 heteroatoms. The van der Waals surface area contributed by atoms with Crippen LogP contribution in [0.25, 0.3) is 66.4 Å². The van der Waals surface area contributed by atoms with Gasteiger partial charge >= 0.3 is 34.5 Å². The van der Waals surface area contributed by atoms with Crippen molar-refractivity contribution in [1.82, 2.24) is 19.9 Å². The van der Waals surface area contributed by atoms with E-state index in [2.05, 4.69) is 68.5 Å². The second kappa shape index (κ2) is 13.8. The first-order valence-corrected chi connectivity index (χ1v) is 18.0. The van der Waals surface area contributed by atoms with Gasteiger partial charge in [-0.05, 0) is 48.5 Å². The summed E-state index contributed by atoms with van der Waals surface area (Å²) in [4.78, 5) is 18.8. The van der Waals surface area contributed by atoms with Crippen LogP contribution in [0.1, 0.15) is 0 Å². The van der Waals surface area contributed by atoms with E-state index in [1.54, 1.807) is 0 Å². The molecule has 4 aromatic heterocycles. The molecule has 0 atom stereocenters. The molecular weight excluding hydrogens is 660 g/mol. The summed E-state index contributed by atoms with van der Waals surface area (Å²) in [5, 5.41) is 4.60. The van der Waals surface area contributed by atoms with Crippen molar-refractivity contribution in [2.24, 2.45) is 0 Å². The van der Waals surface area contributed by atoms with Crippen LogP contribution >= 0.6 is 0 Å². The summed E-state index contributed by atoms with van der Waals surface area (Å²) in [6.07, 6.45) is 0. The summed E-state index contributed by atoms with van der Waals surface area (Å²) in [6, 6.07) is 49.0. The van der Waals surface area contributed by atoms with Gasteiger partial charge in [0.1, 0.15) is 0 Å². The molecule has 0 amide bonds. The zero-order valence-electron chi connectivity index (χ0n) is 22.8. The van der Waals surface area contributed by atoms with E-state index in [0.717, 1.165) is 66.4 Å². The molecular formula is C36H24Cl2N4Ru+2. The summed E-state index contributed by atoms with van der Waals surface area (Å²) >= 11 is -0.346. The van der Waals surface area contributed by atoms with Gasteiger partial charge in [0.05, 0.1) is 44.8 Å². The summed E-state index contributed by atoms with van der Waals surface area (Å²) in [6.45, 7) is 0. The molecule has 4 nitrogen and oxygen atoms in total. The molecule has 0 saturated heterocycles. The van der Waals surface area contributed by atoms with Gasteiger partial charge in [-0.3, -0.25) is 0 Å². The van der Waals surface area contributed by atoms with Gasteiger partial charge in [0.25, 0.3) is 0 Å². The van der Waals surface area contributed by atoms with E-state index in [0.29, 0.717) is 0 Å². The largest absolute Gasteiger partial charge is 0.246 e. The third-order valence-corrected chi connectivity index (χ3v) is 6.92. The number of hydrogen-bond donors (Lipinski definition) is 0. The first-order valence-electron chi connectivity index (χ1n) is 13.5. The Morgan fingerprint density at radius 1 is 0.302 bits per heavy atom. The van der Waals surface area contributed by atoms with Gasteiger partial charge in [-0.15, -0.1) is 0 Å². The standard InChI is InChI=1S/2C18H12N2.2ClH.Ru/c2*1-3-7-15-13(5-1)9-11-17(19-15)18-12-10-14-6-2-4-8-16(14)20-18;;;/h2*1-12H;2*1H;/q;;;;+4/p-2. The normalized spacial score (nSPS) is 10.7. The topological polar surface area (TPSA) is 51.6 Å². The number of aromatic nitrogens is 4. The average Bonchev–Trinajstić information content (AvgIpc) is 3.08. The predicted octanol–water partition coefficient (Wildman–Crippen LogP) is 8.90. The first-order chi connectivity index (χ1) is 21.2. The van der Waals surface area contributed by atoms with Crippen molar-refractivity contribution in [2.45, 2.75) is 0 Å². The Morgan fingerprint density at radius 2 is 0.512 bits per heavy atom. The average molecular weight is 685 g/mol. The fourth-order valence-corrected chi connectivity index (χ4v) is 4.83. The van der Waals surface area contributed by atoms with Crippen LogP contribution in [0, 0.1) is 19.4 Å². The van der Waals surface area contributed by atoms with E-state index in [4.69, 9.17) is 19.4 Å². The molecule has 0 saturated carbocycles. The van der Waals surface area contributed by atoms with Gasteiger partial charge in [0.2, 0.25) is 0 Å². The molecule has 2 radical (unpaired) electrons. The Balaban J connectivity index is 0.000000141. The minimum atomic E-state index is -0.346. The van der Waals surface area contributed by atoms with Gasteiger partial charge in [-0.2, -0.15) is 0 Å². The van der Waals surface area contributed by atoms with Crippen LogP contribution < -0.4 is 0 Å².